The van der Waals surface area contributed by atoms with Gasteiger partial charge in [0.15, 0.2) is 0 Å². The van der Waals surface area contributed by atoms with Gasteiger partial charge in [0.2, 0.25) is 0 Å². The molecule has 0 bridgehead atoms. The highest BCUT2D eigenvalue weighted by Gasteiger charge is 2.46. The van der Waals surface area contributed by atoms with E-state index in [-0.39, 0.29) is 17.5 Å². The maximum absolute atomic E-state index is 7.00. The van der Waals surface area contributed by atoms with E-state index in [1.54, 1.807) is 0 Å². The highest BCUT2D eigenvalue weighted by Crippen LogP contribution is 2.56. The Morgan fingerprint density at radius 1 is 0.347 bits per heavy atom. The number of rotatable bonds is 6. The van der Waals surface area contributed by atoms with Gasteiger partial charge in [-0.1, -0.05) is 154 Å². The fourth-order valence-corrected chi connectivity index (χ4v) is 13.4. The lowest BCUT2D eigenvalue weighted by atomic mass is 9.34. The first-order valence-electron chi connectivity index (χ1n) is 26.3. The highest BCUT2D eigenvalue weighted by molar-refractivity contribution is 6.98. The molecule has 0 amide bonds. The van der Waals surface area contributed by atoms with E-state index in [1.807, 2.05) is 0 Å². The Kier molecular flexibility index (Phi) is 9.25. The first kappa shape index (κ1) is 43.8. The maximum atomic E-state index is 7.00. The molecule has 0 saturated carbocycles. The van der Waals surface area contributed by atoms with E-state index >= 15 is 0 Å². The summed E-state index contributed by atoms with van der Waals surface area (Å²) in [6.07, 6.45) is 0. The van der Waals surface area contributed by atoms with Crippen LogP contribution in [-0.2, 0) is 10.8 Å². The van der Waals surface area contributed by atoms with Crippen molar-refractivity contribution < 1.29 is 9.47 Å². The standard InChI is InChI=1S/C70H53BN2O2/c1-42-20-26-48(27-21-42)72(46-14-9-7-10-15-46)50-30-34-52-44(36-50)24-32-54-56-38-64-60(40-58(56)69(3,4)66(52)54)71-61-41-59-57(39-65(61)75-63-19-13-18-62(74-64)68(63)71)55-33-25-45-37-51(31-35-53(45)67(55)70(59,5)6)73(47-16-11-8-12-17-47)49-28-22-43(2)23-29-49/h7-41H,1-6H3. The molecule has 4 aliphatic rings. The molecule has 11 aromatic rings. The Hall–Kier alpha value is -8.80. The molecule has 0 atom stereocenters. The van der Waals surface area contributed by atoms with Crippen molar-refractivity contribution in [1.82, 2.24) is 0 Å². The molecule has 2 heterocycles. The number of benzene rings is 11. The highest BCUT2D eigenvalue weighted by atomic mass is 16.5. The summed E-state index contributed by atoms with van der Waals surface area (Å²) in [4.78, 5) is 4.71. The van der Waals surface area contributed by atoms with Gasteiger partial charge >= 0.3 is 0 Å². The Morgan fingerprint density at radius 3 is 1.17 bits per heavy atom. The molecule has 11 aromatic carbocycles. The molecular formula is C70H53BN2O2. The molecule has 0 aromatic heterocycles. The van der Waals surface area contributed by atoms with Crippen LogP contribution in [0.4, 0.5) is 34.1 Å². The van der Waals surface area contributed by atoms with Crippen LogP contribution in [-0.4, -0.2) is 6.71 Å². The van der Waals surface area contributed by atoms with Crippen LogP contribution in [0.2, 0.25) is 0 Å². The van der Waals surface area contributed by atoms with E-state index in [2.05, 4.69) is 264 Å². The van der Waals surface area contributed by atoms with Crippen molar-refractivity contribution in [3.05, 3.63) is 246 Å². The van der Waals surface area contributed by atoms with Gasteiger partial charge in [-0.05, 0) is 188 Å². The van der Waals surface area contributed by atoms with Gasteiger partial charge in [-0.2, -0.15) is 0 Å². The second-order valence-corrected chi connectivity index (χ2v) is 22.2. The number of fused-ring (bicyclic) bond motifs is 14. The lowest BCUT2D eigenvalue weighted by molar-refractivity contribution is 0.464. The number of para-hydroxylation sites is 2. The summed E-state index contributed by atoms with van der Waals surface area (Å²) in [5.41, 5.74) is 22.6. The third-order valence-corrected chi connectivity index (χ3v) is 17.0. The van der Waals surface area contributed by atoms with Crippen molar-refractivity contribution in [3.63, 3.8) is 0 Å². The molecule has 75 heavy (non-hydrogen) atoms. The average molecular weight is 965 g/mol. The third-order valence-electron chi connectivity index (χ3n) is 17.0. The van der Waals surface area contributed by atoms with Gasteiger partial charge in [0.1, 0.15) is 23.0 Å². The van der Waals surface area contributed by atoms with Crippen LogP contribution in [0, 0.1) is 13.8 Å². The molecular weight excluding hydrogens is 912 g/mol. The second kappa shape index (κ2) is 15.9. The predicted octanol–water partition coefficient (Wildman–Crippen LogP) is 16.9. The van der Waals surface area contributed by atoms with Crippen LogP contribution in [0.5, 0.6) is 23.0 Å². The van der Waals surface area contributed by atoms with Crippen LogP contribution in [0.1, 0.15) is 61.1 Å². The molecule has 0 radical (unpaired) electrons. The van der Waals surface area contributed by atoms with Gasteiger partial charge < -0.3 is 19.3 Å². The Bertz CT molecular complexity index is 3930. The summed E-state index contributed by atoms with van der Waals surface area (Å²) in [5.74, 6) is 3.53. The monoisotopic (exact) mass is 964 g/mol. The largest absolute Gasteiger partial charge is 0.458 e. The number of hydrogen-bond acceptors (Lipinski definition) is 4. The van der Waals surface area contributed by atoms with Crippen LogP contribution >= 0.6 is 0 Å². The molecule has 15 rings (SSSR count). The molecule has 358 valence electrons. The van der Waals surface area contributed by atoms with Crippen molar-refractivity contribution in [1.29, 1.82) is 0 Å². The van der Waals surface area contributed by atoms with Crippen LogP contribution < -0.4 is 35.7 Å². The Balaban J connectivity index is 0.830. The average Bonchev–Trinajstić information content (AvgIpc) is 3.97. The first-order valence-corrected chi connectivity index (χ1v) is 26.3. The maximum Gasteiger partial charge on any atom is 0.260 e. The Labute approximate surface area is 439 Å². The Morgan fingerprint density at radius 2 is 0.747 bits per heavy atom. The number of hydrogen-bond donors (Lipinski definition) is 0. The summed E-state index contributed by atoms with van der Waals surface area (Å²) in [5, 5.41) is 4.99. The van der Waals surface area contributed by atoms with E-state index in [1.165, 1.54) is 88.1 Å². The zero-order valence-corrected chi connectivity index (χ0v) is 43.0. The van der Waals surface area contributed by atoms with Gasteiger partial charge in [-0.3, -0.25) is 0 Å². The SMILES string of the molecule is Cc1ccc(N(c2ccccc2)c2ccc3c4c(ccc3c2)-c2cc3c(cc2C4(C)C)B2c4cc5c(cc4Oc4cccc(c42)O3)-c2ccc3cc(N(c4ccccc4)c4ccc(C)cc4)ccc3c2C5(C)C)cc1. The topological polar surface area (TPSA) is 24.9 Å². The van der Waals surface area contributed by atoms with Crippen LogP contribution in [0.25, 0.3) is 43.8 Å². The van der Waals surface area contributed by atoms with Crippen LogP contribution in [0.3, 0.4) is 0 Å². The number of ether oxygens (including phenoxy) is 2. The van der Waals surface area contributed by atoms with Crippen LogP contribution in [0.15, 0.2) is 212 Å². The summed E-state index contributed by atoms with van der Waals surface area (Å²) in [6.45, 7) is 13.8. The molecule has 0 fully saturated rings. The molecule has 0 spiro atoms. The van der Waals surface area contributed by atoms with E-state index in [0.717, 1.165) is 62.6 Å². The quantitative estimate of drug-likeness (QED) is 0.155. The van der Waals surface area contributed by atoms with Crippen molar-refractivity contribution in [2.45, 2.75) is 52.4 Å². The number of anilines is 6. The lowest BCUT2D eigenvalue weighted by Gasteiger charge is -2.35. The molecule has 0 saturated heterocycles. The van der Waals surface area contributed by atoms with E-state index in [4.69, 9.17) is 9.47 Å². The van der Waals surface area contributed by atoms with E-state index in [9.17, 15) is 0 Å². The molecule has 5 heteroatoms. The van der Waals surface area contributed by atoms with Crippen molar-refractivity contribution in [2.75, 3.05) is 9.80 Å². The zero-order valence-electron chi connectivity index (χ0n) is 43.0. The minimum absolute atomic E-state index is 0.0755. The minimum atomic E-state index is -0.286. The summed E-state index contributed by atoms with van der Waals surface area (Å²) in [7, 11) is 0. The predicted molar refractivity (Wildman–Crippen MR) is 313 cm³/mol. The first-order chi connectivity index (χ1) is 36.5. The zero-order chi connectivity index (χ0) is 50.5. The normalized spacial score (nSPS) is 14.4. The summed E-state index contributed by atoms with van der Waals surface area (Å²) >= 11 is 0. The van der Waals surface area contributed by atoms with Crippen molar-refractivity contribution >= 4 is 78.8 Å². The number of aryl methyl sites for hydroxylation is 2. The fraction of sp³-hybridized carbons (Fsp3) is 0.114. The molecule has 2 aliphatic carbocycles. The third kappa shape index (κ3) is 6.43. The van der Waals surface area contributed by atoms with Gasteiger partial charge in [0.25, 0.3) is 6.71 Å². The van der Waals surface area contributed by atoms with Gasteiger partial charge in [-0.15, -0.1) is 0 Å². The fourth-order valence-electron chi connectivity index (χ4n) is 13.4. The molecule has 4 nitrogen and oxygen atoms in total. The smallest absolute Gasteiger partial charge is 0.260 e. The summed E-state index contributed by atoms with van der Waals surface area (Å²) < 4.78 is 14.0. The van der Waals surface area contributed by atoms with E-state index in [0.29, 0.717) is 0 Å². The van der Waals surface area contributed by atoms with E-state index < -0.39 is 0 Å². The van der Waals surface area contributed by atoms with Crippen molar-refractivity contribution in [2.24, 2.45) is 0 Å². The van der Waals surface area contributed by atoms with Gasteiger partial charge in [0, 0.05) is 50.4 Å². The van der Waals surface area contributed by atoms with Crippen molar-refractivity contribution in [3.8, 4) is 45.3 Å². The molecule has 0 N–H and O–H groups in total. The summed E-state index contributed by atoms with van der Waals surface area (Å²) in [6, 6.07) is 78.2. The minimum Gasteiger partial charge on any atom is -0.458 e. The lowest BCUT2D eigenvalue weighted by Crippen LogP contribution is -2.57. The number of nitrogens with zero attached hydrogens (tertiary/aromatic N) is 2. The molecule has 0 unspecified atom stereocenters. The van der Waals surface area contributed by atoms with Gasteiger partial charge in [-0.25, -0.2) is 0 Å². The second-order valence-electron chi connectivity index (χ2n) is 22.2. The molecule has 2 aliphatic heterocycles. The van der Waals surface area contributed by atoms with Gasteiger partial charge in [0.05, 0.1) is 0 Å².